The van der Waals surface area contributed by atoms with Crippen molar-refractivity contribution in [3.05, 3.63) is 23.8 Å². The fraction of sp³-hybridized carbons (Fsp3) is 0.467. The minimum atomic E-state index is -0.927. The van der Waals surface area contributed by atoms with Crippen LogP contribution in [0.25, 0.3) is 0 Å². The van der Waals surface area contributed by atoms with Gasteiger partial charge in [0.05, 0.1) is 11.8 Å². The van der Waals surface area contributed by atoms with Crippen LogP contribution >= 0.6 is 0 Å². The maximum Gasteiger partial charge on any atom is 0.271 e. The number of rotatable bonds is 2. The van der Waals surface area contributed by atoms with E-state index in [4.69, 9.17) is 10.00 Å². The fourth-order valence-corrected chi connectivity index (χ4v) is 2.17. The molecule has 1 aromatic carbocycles. The SMILES string of the molecule is CC(C)c1ccc2c(c1)N(CC#N)C(=O)C(C)(C)O2. The van der Waals surface area contributed by atoms with E-state index in [1.54, 1.807) is 13.8 Å². The molecular weight excluding hydrogens is 240 g/mol. The van der Waals surface area contributed by atoms with Crippen LogP contribution in [0.3, 0.4) is 0 Å². The predicted molar refractivity (Wildman–Crippen MR) is 73.2 cm³/mol. The molecule has 0 unspecified atom stereocenters. The number of hydrogen-bond acceptors (Lipinski definition) is 3. The van der Waals surface area contributed by atoms with Crippen molar-refractivity contribution in [3.8, 4) is 11.8 Å². The summed E-state index contributed by atoms with van der Waals surface area (Å²) in [5.74, 6) is 0.839. The second-order valence-corrected chi connectivity index (χ2v) is 5.54. The second-order valence-electron chi connectivity index (χ2n) is 5.54. The van der Waals surface area contributed by atoms with Gasteiger partial charge in [0.15, 0.2) is 5.60 Å². The largest absolute Gasteiger partial charge is 0.476 e. The van der Waals surface area contributed by atoms with Gasteiger partial charge in [-0.25, -0.2) is 0 Å². The first kappa shape index (κ1) is 13.4. The van der Waals surface area contributed by atoms with Gasteiger partial charge in [0, 0.05) is 0 Å². The Kier molecular flexibility index (Phi) is 3.23. The zero-order valence-electron chi connectivity index (χ0n) is 11.7. The van der Waals surface area contributed by atoms with Crippen molar-refractivity contribution in [2.24, 2.45) is 0 Å². The molecule has 0 aliphatic carbocycles. The zero-order chi connectivity index (χ0) is 14.2. The van der Waals surface area contributed by atoms with Crippen molar-refractivity contribution in [1.29, 1.82) is 5.26 Å². The lowest BCUT2D eigenvalue weighted by Crippen LogP contribution is -2.52. The van der Waals surface area contributed by atoms with Gasteiger partial charge in [0.25, 0.3) is 5.91 Å². The van der Waals surface area contributed by atoms with Gasteiger partial charge in [-0.3, -0.25) is 9.69 Å². The number of fused-ring (bicyclic) bond motifs is 1. The maximum atomic E-state index is 12.3. The summed E-state index contributed by atoms with van der Waals surface area (Å²) in [6.45, 7) is 7.66. The molecule has 4 heteroatoms. The Bertz CT molecular complexity index is 556. The number of anilines is 1. The zero-order valence-corrected chi connectivity index (χ0v) is 11.7. The minimum Gasteiger partial charge on any atom is -0.476 e. The van der Waals surface area contributed by atoms with E-state index in [9.17, 15) is 4.79 Å². The van der Waals surface area contributed by atoms with Crippen molar-refractivity contribution in [1.82, 2.24) is 0 Å². The summed E-state index contributed by atoms with van der Waals surface area (Å²) in [4.78, 5) is 13.8. The summed E-state index contributed by atoms with van der Waals surface area (Å²) in [6.07, 6.45) is 0. The van der Waals surface area contributed by atoms with Crippen LogP contribution in [-0.4, -0.2) is 18.1 Å². The summed E-state index contributed by atoms with van der Waals surface area (Å²) in [5, 5.41) is 8.93. The van der Waals surface area contributed by atoms with E-state index in [1.807, 2.05) is 24.3 Å². The number of nitriles is 1. The highest BCUT2D eigenvalue weighted by Gasteiger charge is 2.40. The first-order chi connectivity index (χ1) is 8.86. The lowest BCUT2D eigenvalue weighted by atomic mass is 9.99. The van der Waals surface area contributed by atoms with Gasteiger partial charge in [-0.1, -0.05) is 19.9 Å². The van der Waals surface area contributed by atoms with Crippen molar-refractivity contribution >= 4 is 11.6 Å². The monoisotopic (exact) mass is 258 g/mol. The normalized spacial score (nSPS) is 16.8. The van der Waals surface area contributed by atoms with E-state index in [1.165, 1.54) is 4.90 Å². The molecule has 1 aromatic rings. The molecule has 1 aliphatic rings. The molecule has 100 valence electrons. The minimum absolute atomic E-state index is 0.0418. The van der Waals surface area contributed by atoms with E-state index in [0.717, 1.165) is 5.56 Å². The van der Waals surface area contributed by atoms with Crippen molar-refractivity contribution in [2.75, 3.05) is 11.4 Å². The van der Waals surface area contributed by atoms with Crippen LogP contribution in [0.5, 0.6) is 5.75 Å². The molecule has 4 nitrogen and oxygen atoms in total. The van der Waals surface area contributed by atoms with Gasteiger partial charge in [0.2, 0.25) is 0 Å². The molecule has 0 N–H and O–H groups in total. The summed E-state index contributed by atoms with van der Waals surface area (Å²) < 4.78 is 5.74. The van der Waals surface area contributed by atoms with E-state index >= 15 is 0 Å². The molecule has 19 heavy (non-hydrogen) atoms. The van der Waals surface area contributed by atoms with Gasteiger partial charge >= 0.3 is 0 Å². The molecule has 1 heterocycles. The predicted octanol–water partition coefficient (Wildman–Crippen LogP) is 2.84. The third-order valence-corrected chi connectivity index (χ3v) is 3.29. The second kappa shape index (κ2) is 4.58. The summed E-state index contributed by atoms with van der Waals surface area (Å²) in [5.41, 5.74) is 0.887. The van der Waals surface area contributed by atoms with Crippen LogP contribution in [0.4, 0.5) is 5.69 Å². The molecule has 0 saturated heterocycles. The van der Waals surface area contributed by atoms with Gasteiger partial charge in [-0.2, -0.15) is 5.26 Å². The molecule has 1 aliphatic heterocycles. The Hall–Kier alpha value is -2.02. The molecule has 0 atom stereocenters. The van der Waals surface area contributed by atoms with Crippen molar-refractivity contribution in [3.63, 3.8) is 0 Å². The fourth-order valence-electron chi connectivity index (χ4n) is 2.17. The van der Waals surface area contributed by atoms with Crippen LogP contribution in [0, 0.1) is 11.3 Å². The van der Waals surface area contributed by atoms with Gasteiger partial charge in [-0.15, -0.1) is 0 Å². The van der Waals surface area contributed by atoms with Crippen LogP contribution in [-0.2, 0) is 4.79 Å². The van der Waals surface area contributed by atoms with Crippen LogP contribution in [0.1, 0.15) is 39.2 Å². The first-order valence-corrected chi connectivity index (χ1v) is 6.38. The maximum absolute atomic E-state index is 12.3. The van der Waals surface area contributed by atoms with E-state index in [-0.39, 0.29) is 12.5 Å². The van der Waals surface area contributed by atoms with Gasteiger partial charge < -0.3 is 4.74 Å². The third-order valence-electron chi connectivity index (χ3n) is 3.29. The van der Waals surface area contributed by atoms with Crippen LogP contribution in [0.15, 0.2) is 18.2 Å². The summed E-state index contributed by atoms with van der Waals surface area (Å²) in [7, 11) is 0. The lowest BCUT2D eigenvalue weighted by Gasteiger charge is -2.38. The summed E-state index contributed by atoms with van der Waals surface area (Å²) in [6, 6.07) is 7.86. The average Bonchev–Trinajstić information content (AvgIpc) is 2.34. The highest BCUT2D eigenvalue weighted by Crippen LogP contribution is 2.39. The topological polar surface area (TPSA) is 53.3 Å². The molecule has 0 spiro atoms. The van der Waals surface area contributed by atoms with Crippen LogP contribution in [0.2, 0.25) is 0 Å². The van der Waals surface area contributed by atoms with Gasteiger partial charge in [0.1, 0.15) is 12.3 Å². The molecule has 0 bridgehead atoms. The molecule has 0 aromatic heterocycles. The number of ether oxygens (including phenoxy) is 1. The standard InChI is InChI=1S/C15H18N2O2/c1-10(2)11-5-6-13-12(9-11)17(8-7-16)14(18)15(3,4)19-13/h5-6,9-10H,8H2,1-4H3. The highest BCUT2D eigenvalue weighted by atomic mass is 16.5. The van der Waals surface area contributed by atoms with Gasteiger partial charge in [-0.05, 0) is 37.5 Å². The summed E-state index contributed by atoms with van der Waals surface area (Å²) >= 11 is 0. The van der Waals surface area contributed by atoms with Crippen molar-refractivity contribution in [2.45, 2.75) is 39.2 Å². The average molecular weight is 258 g/mol. The van der Waals surface area contributed by atoms with Crippen molar-refractivity contribution < 1.29 is 9.53 Å². The number of hydrogen-bond donors (Lipinski definition) is 0. The van der Waals surface area contributed by atoms with E-state index < -0.39 is 5.60 Å². The highest BCUT2D eigenvalue weighted by molar-refractivity contribution is 6.02. The molecule has 0 radical (unpaired) electrons. The Morgan fingerprint density at radius 3 is 2.68 bits per heavy atom. The number of carbonyl (C=O) groups excluding carboxylic acids is 1. The number of amides is 1. The molecule has 0 saturated carbocycles. The molecular formula is C15H18N2O2. The number of nitrogens with zero attached hydrogens (tertiary/aromatic N) is 2. The molecule has 1 amide bonds. The van der Waals surface area contributed by atoms with Crippen LogP contribution < -0.4 is 9.64 Å². The van der Waals surface area contributed by atoms with E-state index in [2.05, 4.69) is 13.8 Å². The molecule has 0 fully saturated rings. The quantitative estimate of drug-likeness (QED) is 0.766. The van der Waals surface area contributed by atoms with E-state index in [0.29, 0.717) is 17.4 Å². The Balaban J connectivity index is 2.54. The Labute approximate surface area is 113 Å². The number of benzene rings is 1. The number of carbonyl (C=O) groups is 1. The molecule has 2 rings (SSSR count). The lowest BCUT2D eigenvalue weighted by molar-refractivity contribution is -0.132. The Morgan fingerprint density at radius 2 is 2.11 bits per heavy atom. The third kappa shape index (κ3) is 2.28. The smallest absolute Gasteiger partial charge is 0.271 e. The Morgan fingerprint density at radius 1 is 1.42 bits per heavy atom. The first-order valence-electron chi connectivity index (χ1n) is 6.38.